The highest BCUT2D eigenvalue weighted by Crippen LogP contribution is 2.19. The SMILES string of the molecule is Cn1ccn(Cc2ccc(Cl)c(N)c2)c(=O)c1=O. The molecule has 0 saturated carbocycles. The van der Waals surface area contributed by atoms with Crippen LogP contribution in [0.2, 0.25) is 5.02 Å². The summed E-state index contributed by atoms with van der Waals surface area (Å²) in [5, 5.41) is 0.468. The van der Waals surface area contributed by atoms with Crippen LogP contribution >= 0.6 is 11.6 Å². The third-order valence-electron chi connectivity index (χ3n) is 2.65. The highest BCUT2D eigenvalue weighted by atomic mass is 35.5. The van der Waals surface area contributed by atoms with Gasteiger partial charge in [-0.3, -0.25) is 9.59 Å². The van der Waals surface area contributed by atoms with E-state index in [2.05, 4.69) is 0 Å². The molecule has 0 atom stereocenters. The van der Waals surface area contributed by atoms with Gasteiger partial charge in [-0.15, -0.1) is 0 Å². The second kappa shape index (κ2) is 4.70. The normalized spacial score (nSPS) is 10.6. The van der Waals surface area contributed by atoms with Crippen molar-refractivity contribution < 1.29 is 0 Å². The monoisotopic (exact) mass is 265 g/mol. The Morgan fingerprint density at radius 2 is 1.94 bits per heavy atom. The number of aromatic nitrogens is 2. The van der Waals surface area contributed by atoms with Crippen molar-refractivity contribution in [3.05, 3.63) is 61.9 Å². The molecule has 2 rings (SSSR count). The van der Waals surface area contributed by atoms with E-state index in [1.165, 1.54) is 16.2 Å². The highest BCUT2D eigenvalue weighted by Gasteiger charge is 2.04. The maximum atomic E-state index is 11.7. The summed E-state index contributed by atoms with van der Waals surface area (Å²) in [4.78, 5) is 23.2. The van der Waals surface area contributed by atoms with Crippen molar-refractivity contribution in [1.29, 1.82) is 0 Å². The fourth-order valence-corrected chi connectivity index (χ4v) is 1.72. The van der Waals surface area contributed by atoms with E-state index in [0.717, 1.165) is 5.56 Å². The first-order chi connectivity index (χ1) is 8.49. The van der Waals surface area contributed by atoms with Crippen LogP contribution in [0.4, 0.5) is 5.69 Å². The van der Waals surface area contributed by atoms with Gasteiger partial charge in [-0.1, -0.05) is 17.7 Å². The van der Waals surface area contributed by atoms with E-state index in [0.29, 0.717) is 10.7 Å². The third-order valence-corrected chi connectivity index (χ3v) is 2.99. The molecule has 1 aromatic carbocycles. The maximum absolute atomic E-state index is 11.7. The van der Waals surface area contributed by atoms with E-state index in [1.54, 1.807) is 30.6 Å². The average molecular weight is 266 g/mol. The first-order valence-electron chi connectivity index (χ1n) is 5.29. The van der Waals surface area contributed by atoms with E-state index >= 15 is 0 Å². The van der Waals surface area contributed by atoms with E-state index in [-0.39, 0.29) is 6.54 Å². The maximum Gasteiger partial charge on any atom is 0.316 e. The molecule has 0 radical (unpaired) electrons. The van der Waals surface area contributed by atoms with Crippen LogP contribution in [0.3, 0.4) is 0 Å². The molecular formula is C12H12ClN3O2. The number of nitrogens with two attached hydrogens (primary N) is 1. The summed E-state index contributed by atoms with van der Waals surface area (Å²) in [7, 11) is 1.54. The Balaban J connectivity index is 2.41. The molecule has 18 heavy (non-hydrogen) atoms. The van der Waals surface area contributed by atoms with Gasteiger partial charge < -0.3 is 14.9 Å². The van der Waals surface area contributed by atoms with E-state index in [1.807, 2.05) is 0 Å². The Morgan fingerprint density at radius 3 is 2.61 bits per heavy atom. The fourth-order valence-electron chi connectivity index (χ4n) is 1.60. The van der Waals surface area contributed by atoms with Crippen LogP contribution in [0.25, 0.3) is 0 Å². The van der Waals surface area contributed by atoms with Gasteiger partial charge >= 0.3 is 11.1 Å². The lowest BCUT2D eigenvalue weighted by Crippen LogP contribution is -2.39. The lowest BCUT2D eigenvalue weighted by molar-refractivity contribution is 0.695. The number of benzene rings is 1. The number of nitrogens with zero attached hydrogens (tertiary/aromatic N) is 2. The molecule has 0 bridgehead atoms. The Labute approximate surface area is 108 Å². The lowest BCUT2D eigenvalue weighted by Gasteiger charge is -2.07. The van der Waals surface area contributed by atoms with Gasteiger partial charge in [0.15, 0.2) is 0 Å². The van der Waals surface area contributed by atoms with Crippen molar-refractivity contribution in [2.75, 3.05) is 5.73 Å². The molecule has 0 unspecified atom stereocenters. The molecule has 0 saturated heterocycles. The minimum absolute atomic E-state index is 0.288. The molecule has 0 aliphatic carbocycles. The summed E-state index contributed by atoms with van der Waals surface area (Å²) in [6.45, 7) is 0.288. The molecule has 0 spiro atoms. The van der Waals surface area contributed by atoms with Crippen molar-refractivity contribution >= 4 is 17.3 Å². The average Bonchev–Trinajstić information content (AvgIpc) is 2.34. The van der Waals surface area contributed by atoms with Crippen LogP contribution in [0.1, 0.15) is 5.56 Å². The third kappa shape index (κ3) is 2.31. The van der Waals surface area contributed by atoms with Gasteiger partial charge in [0.2, 0.25) is 0 Å². The molecule has 94 valence electrons. The van der Waals surface area contributed by atoms with Crippen LogP contribution in [0.15, 0.2) is 40.2 Å². The molecular weight excluding hydrogens is 254 g/mol. The number of hydrogen-bond acceptors (Lipinski definition) is 3. The van der Waals surface area contributed by atoms with Gasteiger partial charge in [0, 0.05) is 19.4 Å². The molecule has 2 aromatic rings. The number of rotatable bonds is 2. The standard InChI is InChI=1S/C12H12ClN3O2/c1-15-4-5-16(12(18)11(15)17)7-8-2-3-9(13)10(14)6-8/h2-6H,7,14H2,1H3. The molecule has 5 nitrogen and oxygen atoms in total. The molecule has 1 aromatic heterocycles. The summed E-state index contributed by atoms with van der Waals surface area (Å²) in [6.07, 6.45) is 3.11. The Morgan fingerprint density at radius 1 is 1.22 bits per heavy atom. The van der Waals surface area contributed by atoms with Crippen LogP contribution < -0.4 is 16.9 Å². The van der Waals surface area contributed by atoms with Gasteiger partial charge in [0.05, 0.1) is 17.3 Å². The zero-order chi connectivity index (χ0) is 13.3. The minimum atomic E-state index is -0.562. The van der Waals surface area contributed by atoms with Crippen molar-refractivity contribution in [1.82, 2.24) is 9.13 Å². The van der Waals surface area contributed by atoms with Gasteiger partial charge in [0.1, 0.15) is 0 Å². The summed E-state index contributed by atoms with van der Waals surface area (Å²) >= 11 is 5.81. The fraction of sp³-hybridized carbons (Fsp3) is 0.167. The van der Waals surface area contributed by atoms with Crippen molar-refractivity contribution in [2.24, 2.45) is 7.05 Å². The first kappa shape index (κ1) is 12.4. The predicted octanol–water partition coefficient (Wildman–Crippen LogP) is 0.831. The van der Waals surface area contributed by atoms with Crippen molar-refractivity contribution in [3.8, 4) is 0 Å². The van der Waals surface area contributed by atoms with Gasteiger partial charge in [0.25, 0.3) is 0 Å². The zero-order valence-electron chi connectivity index (χ0n) is 9.76. The van der Waals surface area contributed by atoms with E-state index in [4.69, 9.17) is 17.3 Å². The minimum Gasteiger partial charge on any atom is -0.398 e. The second-order valence-electron chi connectivity index (χ2n) is 4.00. The lowest BCUT2D eigenvalue weighted by atomic mass is 10.2. The van der Waals surface area contributed by atoms with Crippen molar-refractivity contribution in [2.45, 2.75) is 6.54 Å². The van der Waals surface area contributed by atoms with E-state index in [9.17, 15) is 9.59 Å². The zero-order valence-corrected chi connectivity index (χ0v) is 10.5. The number of hydrogen-bond donors (Lipinski definition) is 1. The molecule has 0 fully saturated rings. The van der Waals surface area contributed by atoms with Gasteiger partial charge in [-0.2, -0.15) is 0 Å². The van der Waals surface area contributed by atoms with Crippen LogP contribution in [-0.4, -0.2) is 9.13 Å². The first-order valence-corrected chi connectivity index (χ1v) is 5.67. The quantitative estimate of drug-likeness (QED) is 0.646. The molecule has 6 heteroatoms. The Bertz CT molecular complexity index is 703. The topological polar surface area (TPSA) is 70.0 Å². The molecule has 0 amide bonds. The second-order valence-corrected chi connectivity index (χ2v) is 4.41. The number of anilines is 1. The number of halogens is 1. The molecule has 1 heterocycles. The molecule has 0 aliphatic heterocycles. The van der Waals surface area contributed by atoms with Crippen LogP contribution in [0.5, 0.6) is 0 Å². The largest absolute Gasteiger partial charge is 0.398 e. The summed E-state index contributed by atoms with van der Waals surface area (Å²) in [6, 6.07) is 5.12. The van der Waals surface area contributed by atoms with Crippen LogP contribution in [-0.2, 0) is 13.6 Å². The smallest absolute Gasteiger partial charge is 0.316 e. The molecule has 0 aliphatic rings. The summed E-state index contributed by atoms with van der Waals surface area (Å²) in [5.41, 5.74) is 5.83. The predicted molar refractivity (Wildman–Crippen MR) is 70.9 cm³/mol. The van der Waals surface area contributed by atoms with Gasteiger partial charge in [-0.25, -0.2) is 0 Å². The highest BCUT2D eigenvalue weighted by molar-refractivity contribution is 6.33. The molecule has 2 N–H and O–H groups in total. The summed E-state index contributed by atoms with van der Waals surface area (Å²) < 4.78 is 2.58. The van der Waals surface area contributed by atoms with Gasteiger partial charge in [-0.05, 0) is 17.7 Å². The van der Waals surface area contributed by atoms with E-state index < -0.39 is 11.1 Å². The number of nitrogen functional groups attached to an aromatic ring is 1. The van der Waals surface area contributed by atoms with Crippen LogP contribution in [0, 0.1) is 0 Å². The number of aryl methyl sites for hydroxylation is 1. The van der Waals surface area contributed by atoms with Crippen molar-refractivity contribution in [3.63, 3.8) is 0 Å². The Hall–Kier alpha value is -2.01. The summed E-state index contributed by atoms with van der Waals surface area (Å²) in [5.74, 6) is 0. The Kier molecular flexibility index (Phi) is 3.25.